The lowest BCUT2D eigenvalue weighted by Crippen LogP contribution is -2.23. The zero-order valence-electron chi connectivity index (χ0n) is 13.3. The van der Waals surface area contributed by atoms with E-state index in [1.54, 1.807) is 24.3 Å². The fourth-order valence-electron chi connectivity index (χ4n) is 1.91. The van der Waals surface area contributed by atoms with Gasteiger partial charge in [0.05, 0.1) is 4.90 Å². The van der Waals surface area contributed by atoms with Gasteiger partial charge in [0, 0.05) is 34.8 Å². The second-order valence-corrected chi connectivity index (χ2v) is 8.73. The summed E-state index contributed by atoms with van der Waals surface area (Å²) in [6.45, 7) is 1.86. The molecule has 0 atom stereocenters. The molecule has 0 aliphatic carbocycles. The minimum atomic E-state index is -3.66. The first-order chi connectivity index (χ1) is 11.1. The quantitative estimate of drug-likeness (QED) is 0.798. The van der Waals surface area contributed by atoms with Gasteiger partial charge in [-0.2, -0.15) is 0 Å². The zero-order chi connectivity index (χ0) is 18.1. The van der Waals surface area contributed by atoms with Crippen LogP contribution in [0.1, 0.15) is 15.9 Å². The van der Waals surface area contributed by atoms with Crippen molar-refractivity contribution in [3.05, 3.63) is 57.0 Å². The maximum atomic E-state index is 12.4. The molecule has 2 aromatic rings. The van der Waals surface area contributed by atoms with Crippen molar-refractivity contribution < 1.29 is 13.2 Å². The predicted molar refractivity (Wildman–Crippen MR) is 99.2 cm³/mol. The van der Waals surface area contributed by atoms with E-state index >= 15 is 0 Å². The Labute approximate surface area is 154 Å². The summed E-state index contributed by atoms with van der Waals surface area (Å²) in [6.07, 6.45) is 0. The standard InChI is InChI=1S/C16H16BrClN2O3S/c1-10-4-6-12(9-14(10)18)19-16(21)11-5-7-13(17)15(8-11)24(22,23)20(2)3/h4-9H,1-3H3,(H,19,21). The molecule has 5 nitrogen and oxygen atoms in total. The molecular weight excluding hydrogens is 416 g/mol. The molecule has 0 saturated heterocycles. The van der Waals surface area contributed by atoms with Crippen molar-refractivity contribution in [1.29, 1.82) is 0 Å². The van der Waals surface area contributed by atoms with Crippen LogP contribution in [0.2, 0.25) is 5.02 Å². The molecule has 0 heterocycles. The van der Waals surface area contributed by atoms with Gasteiger partial charge in [-0.1, -0.05) is 17.7 Å². The third-order valence-corrected chi connectivity index (χ3v) is 6.60. The van der Waals surface area contributed by atoms with Crippen LogP contribution in [0.3, 0.4) is 0 Å². The summed E-state index contributed by atoms with van der Waals surface area (Å²) in [7, 11) is -0.797. The highest BCUT2D eigenvalue weighted by Crippen LogP contribution is 2.26. The SMILES string of the molecule is Cc1ccc(NC(=O)c2ccc(Br)c(S(=O)(=O)N(C)C)c2)cc1Cl. The van der Waals surface area contributed by atoms with E-state index < -0.39 is 15.9 Å². The topological polar surface area (TPSA) is 66.5 Å². The lowest BCUT2D eigenvalue weighted by Gasteiger charge is -2.14. The Bertz CT molecular complexity index is 898. The molecule has 0 aromatic heterocycles. The van der Waals surface area contributed by atoms with Gasteiger partial charge in [-0.25, -0.2) is 12.7 Å². The first-order valence-electron chi connectivity index (χ1n) is 6.92. The second kappa shape index (κ2) is 7.23. The van der Waals surface area contributed by atoms with E-state index in [1.807, 2.05) is 6.92 Å². The van der Waals surface area contributed by atoms with E-state index in [-0.39, 0.29) is 10.5 Å². The highest BCUT2D eigenvalue weighted by Gasteiger charge is 2.22. The number of hydrogen-bond donors (Lipinski definition) is 1. The molecule has 0 aliphatic rings. The lowest BCUT2D eigenvalue weighted by atomic mass is 10.2. The van der Waals surface area contributed by atoms with Gasteiger partial charge in [-0.15, -0.1) is 0 Å². The first kappa shape index (κ1) is 18.9. The molecule has 1 amide bonds. The number of anilines is 1. The Morgan fingerprint density at radius 2 is 1.83 bits per heavy atom. The zero-order valence-corrected chi connectivity index (χ0v) is 16.5. The number of carbonyl (C=O) groups is 1. The van der Waals surface area contributed by atoms with E-state index in [9.17, 15) is 13.2 Å². The van der Waals surface area contributed by atoms with Crippen LogP contribution in [-0.4, -0.2) is 32.7 Å². The smallest absolute Gasteiger partial charge is 0.255 e. The second-order valence-electron chi connectivity index (χ2n) is 5.35. The van der Waals surface area contributed by atoms with Crippen molar-refractivity contribution >= 4 is 49.1 Å². The molecule has 8 heteroatoms. The van der Waals surface area contributed by atoms with Gasteiger partial charge in [-0.3, -0.25) is 4.79 Å². The first-order valence-corrected chi connectivity index (χ1v) is 9.53. The number of carbonyl (C=O) groups excluding carboxylic acids is 1. The molecule has 1 N–H and O–H groups in total. The monoisotopic (exact) mass is 430 g/mol. The highest BCUT2D eigenvalue weighted by molar-refractivity contribution is 9.10. The number of nitrogens with zero attached hydrogens (tertiary/aromatic N) is 1. The number of amides is 1. The summed E-state index contributed by atoms with van der Waals surface area (Å²) in [5.41, 5.74) is 1.67. The van der Waals surface area contributed by atoms with E-state index in [0.29, 0.717) is 15.2 Å². The Kier molecular flexibility index (Phi) is 5.70. The fourth-order valence-corrected chi connectivity index (χ4v) is 3.94. The number of halogens is 2. The van der Waals surface area contributed by atoms with Crippen molar-refractivity contribution in [1.82, 2.24) is 4.31 Å². The van der Waals surface area contributed by atoms with Crippen molar-refractivity contribution in [2.45, 2.75) is 11.8 Å². The molecular formula is C16H16BrClN2O3S. The average molecular weight is 432 g/mol. The largest absolute Gasteiger partial charge is 0.322 e. The third kappa shape index (κ3) is 3.97. The van der Waals surface area contributed by atoms with Crippen LogP contribution in [0, 0.1) is 6.92 Å². The minimum absolute atomic E-state index is 0.0297. The number of aryl methyl sites for hydroxylation is 1. The average Bonchev–Trinajstić information content (AvgIpc) is 2.51. The number of rotatable bonds is 4. The van der Waals surface area contributed by atoms with Crippen LogP contribution >= 0.6 is 27.5 Å². The summed E-state index contributed by atoms with van der Waals surface area (Å²) in [5.74, 6) is -0.419. The molecule has 2 rings (SSSR count). The Morgan fingerprint density at radius 3 is 2.42 bits per heavy atom. The molecule has 0 bridgehead atoms. The van der Waals surface area contributed by atoms with Gasteiger partial charge in [0.1, 0.15) is 0 Å². The predicted octanol–water partition coefficient (Wildman–Crippen LogP) is 3.91. The van der Waals surface area contributed by atoms with E-state index in [2.05, 4.69) is 21.2 Å². The summed E-state index contributed by atoms with van der Waals surface area (Å²) < 4.78 is 26.1. The van der Waals surface area contributed by atoms with E-state index in [0.717, 1.165) is 9.87 Å². The van der Waals surface area contributed by atoms with E-state index in [1.165, 1.54) is 26.2 Å². The fraction of sp³-hybridized carbons (Fsp3) is 0.188. The Hall–Kier alpha value is -1.41. The van der Waals surface area contributed by atoms with Crippen LogP contribution in [0.4, 0.5) is 5.69 Å². The van der Waals surface area contributed by atoms with Gasteiger partial charge < -0.3 is 5.32 Å². The van der Waals surface area contributed by atoms with Gasteiger partial charge in [0.2, 0.25) is 10.0 Å². The van der Waals surface area contributed by atoms with Crippen LogP contribution < -0.4 is 5.32 Å². The molecule has 128 valence electrons. The Balaban J connectivity index is 2.35. The van der Waals surface area contributed by atoms with Crippen molar-refractivity contribution in [2.24, 2.45) is 0 Å². The minimum Gasteiger partial charge on any atom is -0.322 e. The third-order valence-electron chi connectivity index (χ3n) is 3.38. The number of nitrogens with one attached hydrogen (secondary N) is 1. The summed E-state index contributed by atoms with van der Waals surface area (Å²) in [5, 5.41) is 3.25. The molecule has 0 spiro atoms. The Morgan fingerprint density at radius 1 is 1.17 bits per heavy atom. The van der Waals surface area contributed by atoms with Gasteiger partial charge >= 0.3 is 0 Å². The molecule has 0 radical (unpaired) electrons. The van der Waals surface area contributed by atoms with E-state index in [4.69, 9.17) is 11.6 Å². The molecule has 0 saturated carbocycles. The number of sulfonamides is 1. The maximum absolute atomic E-state index is 12.4. The highest BCUT2D eigenvalue weighted by atomic mass is 79.9. The van der Waals surface area contributed by atoms with Crippen LogP contribution in [-0.2, 0) is 10.0 Å². The van der Waals surface area contributed by atoms with Gasteiger partial charge in [0.25, 0.3) is 5.91 Å². The molecule has 0 unspecified atom stereocenters. The summed E-state index contributed by atoms with van der Waals surface area (Å²) in [4.78, 5) is 12.4. The van der Waals surface area contributed by atoms with Crippen molar-refractivity contribution in [3.63, 3.8) is 0 Å². The lowest BCUT2D eigenvalue weighted by molar-refractivity contribution is 0.102. The van der Waals surface area contributed by atoms with Crippen molar-refractivity contribution in [2.75, 3.05) is 19.4 Å². The summed E-state index contributed by atoms with van der Waals surface area (Å²) >= 11 is 9.25. The summed E-state index contributed by atoms with van der Waals surface area (Å²) in [6, 6.07) is 9.59. The number of benzene rings is 2. The van der Waals surface area contributed by atoms with Crippen LogP contribution in [0.5, 0.6) is 0 Å². The molecule has 24 heavy (non-hydrogen) atoms. The normalized spacial score (nSPS) is 11.6. The van der Waals surface area contributed by atoms with Gasteiger partial charge in [0.15, 0.2) is 0 Å². The van der Waals surface area contributed by atoms with Crippen LogP contribution in [0.15, 0.2) is 45.8 Å². The molecule has 2 aromatic carbocycles. The van der Waals surface area contributed by atoms with Crippen molar-refractivity contribution in [3.8, 4) is 0 Å². The maximum Gasteiger partial charge on any atom is 0.255 e. The van der Waals surface area contributed by atoms with Gasteiger partial charge in [-0.05, 0) is 58.7 Å². The number of hydrogen-bond acceptors (Lipinski definition) is 3. The molecule has 0 aliphatic heterocycles. The van der Waals surface area contributed by atoms with Crippen LogP contribution in [0.25, 0.3) is 0 Å². The molecule has 0 fully saturated rings.